The Morgan fingerprint density at radius 1 is 1.35 bits per heavy atom. The number of rotatable bonds is 6. The van der Waals surface area contributed by atoms with Gasteiger partial charge in [0.15, 0.2) is 0 Å². The molecule has 0 radical (unpaired) electrons. The number of benzene rings is 1. The average Bonchev–Trinajstić information content (AvgIpc) is 2.45. The Morgan fingerprint density at radius 3 is 2.45 bits per heavy atom. The molecule has 0 aliphatic heterocycles. The number of hydrogen-bond donors (Lipinski definition) is 3. The zero-order valence-corrected chi connectivity index (χ0v) is 12.8. The fourth-order valence-corrected chi connectivity index (χ4v) is 2.30. The monoisotopic (exact) mass is 295 g/mol. The molecule has 0 saturated heterocycles. The number of carbonyl (C=O) groups excluding carboxylic acids is 1. The molecule has 0 aromatic heterocycles. The molecule has 6 heteroatoms. The zero-order chi connectivity index (χ0) is 15.2. The number of anilines is 1. The van der Waals surface area contributed by atoms with E-state index in [1.807, 2.05) is 26.0 Å². The van der Waals surface area contributed by atoms with E-state index in [0.29, 0.717) is 24.3 Å². The van der Waals surface area contributed by atoms with Gasteiger partial charge in [-0.2, -0.15) is 0 Å². The standard InChI is InChI=1S/C14H21N3O2S/c1-4-14(5-2,12(15)20)17-13(18)16-10-8-6-7-9-11(10)19-3/h6-9H,4-5H2,1-3H3,(H2,15,20)(H2,16,17,18). The number of amides is 2. The van der Waals surface area contributed by atoms with Crippen LogP contribution in [0.15, 0.2) is 24.3 Å². The van der Waals surface area contributed by atoms with Crippen LogP contribution in [0.5, 0.6) is 5.75 Å². The number of ether oxygens (including phenoxy) is 1. The minimum absolute atomic E-state index is 0.290. The summed E-state index contributed by atoms with van der Waals surface area (Å²) in [6.07, 6.45) is 1.27. The summed E-state index contributed by atoms with van der Waals surface area (Å²) in [4.78, 5) is 12.4. The van der Waals surface area contributed by atoms with Crippen LogP contribution in [0.3, 0.4) is 0 Å². The Kier molecular flexibility index (Phi) is 5.76. The molecule has 1 aromatic rings. The average molecular weight is 295 g/mol. The largest absolute Gasteiger partial charge is 0.495 e. The summed E-state index contributed by atoms with van der Waals surface area (Å²) in [6.45, 7) is 3.87. The first-order valence-corrected chi connectivity index (χ1v) is 6.92. The zero-order valence-electron chi connectivity index (χ0n) is 12.0. The topological polar surface area (TPSA) is 76.4 Å². The minimum atomic E-state index is -0.665. The minimum Gasteiger partial charge on any atom is -0.495 e. The number of thiocarbonyl (C=S) groups is 1. The summed E-state index contributed by atoms with van der Waals surface area (Å²) in [5.41, 5.74) is 5.68. The highest BCUT2D eigenvalue weighted by Gasteiger charge is 2.31. The van der Waals surface area contributed by atoms with Crippen LogP contribution in [0.1, 0.15) is 26.7 Å². The van der Waals surface area contributed by atoms with Gasteiger partial charge in [0, 0.05) is 0 Å². The van der Waals surface area contributed by atoms with Crippen LogP contribution in [-0.4, -0.2) is 23.7 Å². The molecule has 0 heterocycles. The molecule has 0 fully saturated rings. The Labute approximate surface area is 124 Å². The first-order chi connectivity index (χ1) is 9.49. The van der Waals surface area contributed by atoms with Crippen LogP contribution in [0.25, 0.3) is 0 Å². The van der Waals surface area contributed by atoms with Crippen molar-refractivity contribution in [2.75, 3.05) is 12.4 Å². The highest BCUT2D eigenvalue weighted by atomic mass is 32.1. The van der Waals surface area contributed by atoms with E-state index in [4.69, 9.17) is 22.7 Å². The molecule has 0 atom stereocenters. The summed E-state index contributed by atoms with van der Waals surface area (Å²) in [6, 6.07) is 6.83. The van der Waals surface area contributed by atoms with Gasteiger partial charge >= 0.3 is 6.03 Å². The first kappa shape index (κ1) is 16.2. The van der Waals surface area contributed by atoms with E-state index in [1.165, 1.54) is 0 Å². The maximum atomic E-state index is 12.1. The maximum absolute atomic E-state index is 12.1. The van der Waals surface area contributed by atoms with Crippen molar-refractivity contribution >= 4 is 28.9 Å². The molecule has 110 valence electrons. The van der Waals surface area contributed by atoms with Crippen molar-refractivity contribution in [1.82, 2.24) is 5.32 Å². The molecule has 0 aliphatic carbocycles. The molecular weight excluding hydrogens is 274 g/mol. The third-order valence-corrected chi connectivity index (χ3v) is 3.78. The van der Waals surface area contributed by atoms with Crippen LogP contribution in [0.2, 0.25) is 0 Å². The van der Waals surface area contributed by atoms with Gasteiger partial charge in [-0.1, -0.05) is 38.2 Å². The summed E-state index contributed by atoms with van der Waals surface area (Å²) in [5.74, 6) is 0.594. The van der Waals surface area contributed by atoms with Crippen molar-refractivity contribution in [1.29, 1.82) is 0 Å². The van der Waals surface area contributed by atoms with Gasteiger partial charge in [-0.15, -0.1) is 0 Å². The van der Waals surface area contributed by atoms with Gasteiger partial charge in [-0.05, 0) is 25.0 Å². The molecule has 2 amide bonds. The number of nitrogens with two attached hydrogens (primary N) is 1. The summed E-state index contributed by atoms with van der Waals surface area (Å²) < 4.78 is 5.18. The van der Waals surface area contributed by atoms with Crippen molar-refractivity contribution in [2.45, 2.75) is 32.2 Å². The molecule has 0 spiro atoms. The molecule has 0 bridgehead atoms. The van der Waals surface area contributed by atoms with E-state index in [0.717, 1.165) is 0 Å². The van der Waals surface area contributed by atoms with E-state index in [9.17, 15) is 4.79 Å². The second-order valence-electron chi connectivity index (χ2n) is 4.43. The van der Waals surface area contributed by atoms with E-state index < -0.39 is 5.54 Å². The van der Waals surface area contributed by atoms with Crippen LogP contribution in [0.4, 0.5) is 10.5 Å². The molecule has 0 aliphatic rings. The Bertz CT molecular complexity index is 487. The van der Waals surface area contributed by atoms with Crippen LogP contribution in [-0.2, 0) is 0 Å². The number of methoxy groups -OCH3 is 1. The number of hydrogen-bond acceptors (Lipinski definition) is 3. The van der Waals surface area contributed by atoms with Gasteiger partial charge in [0.05, 0.1) is 23.3 Å². The number of nitrogens with one attached hydrogen (secondary N) is 2. The smallest absolute Gasteiger partial charge is 0.320 e. The van der Waals surface area contributed by atoms with E-state index >= 15 is 0 Å². The molecule has 1 rings (SSSR count). The Balaban J connectivity index is 2.84. The van der Waals surface area contributed by atoms with Gasteiger partial charge in [0.1, 0.15) is 5.75 Å². The van der Waals surface area contributed by atoms with E-state index in [-0.39, 0.29) is 11.0 Å². The quantitative estimate of drug-likeness (QED) is 0.705. The second kappa shape index (κ2) is 7.09. The lowest BCUT2D eigenvalue weighted by molar-refractivity contribution is 0.243. The highest BCUT2D eigenvalue weighted by molar-refractivity contribution is 7.80. The van der Waals surface area contributed by atoms with Crippen LogP contribution >= 0.6 is 12.2 Å². The third kappa shape index (κ3) is 3.60. The predicted octanol–water partition coefficient (Wildman–Crippen LogP) is 2.66. The summed E-state index contributed by atoms with van der Waals surface area (Å²) >= 11 is 5.07. The van der Waals surface area contributed by atoms with Crippen molar-refractivity contribution in [3.63, 3.8) is 0 Å². The lowest BCUT2D eigenvalue weighted by Gasteiger charge is -2.31. The number of urea groups is 1. The predicted molar refractivity (Wildman–Crippen MR) is 85.2 cm³/mol. The van der Waals surface area contributed by atoms with Gasteiger partial charge in [0.2, 0.25) is 0 Å². The van der Waals surface area contributed by atoms with Crippen molar-refractivity contribution in [2.24, 2.45) is 5.73 Å². The molecule has 1 aromatic carbocycles. The van der Waals surface area contributed by atoms with Crippen molar-refractivity contribution in [3.8, 4) is 5.75 Å². The van der Waals surface area contributed by atoms with Gasteiger partial charge in [-0.25, -0.2) is 4.79 Å². The SMILES string of the molecule is CCC(CC)(NC(=O)Nc1ccccc1OC)C(N)=S. The molecule has 5 nitrogen and oxygen atoms in total. The fourth-order valence-electron chi connectivity index (χ4n) is 1.96. The van der Waals surface area contributed by atoms with Gasteiger partial charge in [-0.3, -0.25) is 0 Å². The second-order valence-corrected chi connectivity index (χ2v) is 4.87. The normalized spacial score (nSPS) is 10.8. The maximum Gasteiger partial charge on any atom is 0.320 e. The summed E-state index contributed by atoms with van der Waals surface area (Å²) in [5, 5.41) is 5.61. The Hall–Kier alpha value is -1.82. The van der Waals surface area contributed by atoms with Crippen LogP contribution < -0.4 is 21.1 Å². The molecule has 0 unspecified atom stereocenters. The van der Waals surface area contributed by atoms with Crippen molar-refractivity contribution < 1.29 is 9.53 Å². The number of para-hydroxylation sites is 2. The lowest BCUT2D eigenvalue weighted by Crippen LogP contribution is -2.57. The molecular formula is C14H21N3O2S. The van der Waals surface area contributed by atoms with E-state index in [1.54, 1.807) is 19.2 Å². The fraction of sp³-hybridized carbons (Fsp3) is 0.429. The molecule has 20 heavy (non-hydrogen) atoms. The first-order valence-electron chi connectivity index (χ1n) is 6.51. The van der Waals surface area contributed by atoms with Gasteiger partial charge < -0.3 is 21.1 Å². The van der Waals surface area contributed by atoms with Crippen molar-refractivity contribution in [3.05, 3.63) is 24.3 Å². The van der Waals surface area contributed by atoms with Gasteiger partial charge in [0.25, 0.3) is 0 Å². The highest BCUT2D eigenvalue weighted by Crippen LogP contribution is 2.23. The van der Waals surface area contributed by atoms with Crippen LogP contribution in [0, 0.1) is 0 Å². The molecule has 0 saturated carbocycles. The molecule has 4 N–H and O–H groups in total. The summed E-state index contributed by atoms with van der Waals surface area (Å²) in [7, 11) is 1.55. The third-order valence-electron chi connectivity index (χ3n) is 3.39. The Morgan fingerprint density at radius 2 is 1.95 bits per heavy atom. The lowest BCUT2D eigenvalue weighted by atomic mass is 9.93. The van der Waals surface area contributed by atoms with E-state index in [2.05, 4.69) is 10.6 Å². The number of carbonyl (C=O) groups is 1.